The number of ether oxygens (including phenoxy) is 3. The van der Waals surface area contributed by atoms with Gasteiger partial charge in [-0.3, -0.25) is 4.79 Å². The molecule has 0 aromatic heterocycles. The Labute approximate surface area is 183 Å². The maximum atomic E-state index is 12.9. The molecule has 0 saturated carbocycles. The van der Waals surface area contributed by atoms with Crippen LogP contribution in [0.5, 0.6) is 17.2 Å². The summed E-state index contributed by atoms with van der Waals surface area (Å²) in [5.41, 5.74) is 0.282. The fraction of sp³-hybridized carbons (Fsp3) is 0.409. The highest BCUT2D eigenvalue weighted by atomic mass is 32.2. The van der Waals surface area contributed by atoms with E-state index >= 15 is 0 Å². The first kappa shape index (κ1) is 22.9. The smallest absolute Gasteiger partial charge is 0.265 e. The predicted molar refractivity (Wildman–Crippen MR) is 117 cm³/mol. The minimum atomic E-state index is -3.62. The molecule has 1 N–H and O–H groups in total. The summed E-state index contributed by atoms with van der Waals surface area (Å²) < 4.78 is 43.5. The maximum Gasteiger partial charge on any atom is 0.265 e. The van der Waals surface area contributed by atoms with E-state index in [1.165, 1.54) is 23.5 Å². The SMILES string of the molecule is CC[C@H](Oc1ccc(OC)cc1)C(=O)Nc1cc(S(=O)(=O)N2CCCC2)ccc1OC. The molecule has 168 valence electrons. The van der Waals surface area contributed by atoms with Crippen molar-refractivity contribution in [2.24, 2.45) is 0 Å². The molecule has 0 radical (unpaired) electrons. The van der Waals surface area contributed by atoms with E-state index in [0.717, 1.165) is 12.8 Å². The number of benzene rings is 2. The number of anilines is 1. The summed E-state index contributed by atoms with van der Waals surface area (Å²) in [5, 5.41) is 2.76. The number of rotatable bonds is 9. The van der Waals surface area contributed by atoms with Crippen molar-refractivity contribution in [2.75, 3.05) is 32.6 Å². The van der Waals surface area contributed by atoms with Gasteiger partial charge in [0.1, 0.15) is 17.2 Å². The number of methoxy groups -OCH3 is 2. The lowest BCUT2D eigenvalue weighted by atomic mass is 10.2. The van der Waals surface area contributed by atoms with Crippen LogP contribution in [0.15, 0.2) is 47.4 Å². The number of carbonyl (C=O) groups excluding carboxylic acids is 1. The number of nitrogens with one attached hydrogen (secondary N) is 1. The van der Waals surface area contributed by atoms with Crippen LogP contribution >= 0.6 is 0 Å². The topological polar surface area (TPSA) is 94.2 Å². The van der Waals surface area contributed by atoms with Gasteiger partial charge in [0.15, 0.2) is 6.10 Å². The third-order valence-electron chi connectivity index (χ3n) is 5.13. The van der Waals surface area contributed by atoms with Gasteiger partial charge in [0.2, 0.25) is 10.0 Å². The lowest BCUT2D eigenvalue weighted by Crippen LogP contribution is -2.32. The summed E-state index contributed by atoms with van der Waals surface area (Å²) >= 11 is 0. The molecule has 1 aliphatic heterocycles. The van der Waals surface area contributed by atoms with Crippen LogP contribution in [-0.4, -0.2) is 52.0 Å². The Bertz CT molecular complexity index is 1000. The van der Waals surface area contributed by atoms with Gasteiger partial charge in [0, 0.05) is 13.1 Å². The molecule has 1 atom stereocenters. The first-order chi connectivity index (χ1) is 14.9. The summed E-state index contributed by atoms with van der Waals surface area (Å²) in [6, 6.07) is 11.4. The molecule has 0 bridgehead atoms. The summed E-state index contributed by atoms with van der Waals surface area (Å²) in [7, 11) is -0.584. The van der Waals surface area contributed by atoms with Crippen LogP contribution in [0.2, 0.25) is 0 Å². The molecular weight excluding hydrogens is 420 g/mol. The average Bonchev–Trinajstić information content (AvgIpc) is 3.33. The van der Waals surface area contributed by atoms with Crippen molar-refractivity contribution < 1.29 is 27.4 Å². The van der Waals surface area contributed by atoms with E-state index in [9.17, 15) is 13.2 Å². The van der Waals surface area contributed by atoms with Crippen LogP contribution in [0.1, 0.15) is 26.2 Å². The summed E-state index contributed by atoms with van der Waals surface area (Å²) in [6.45, 7) is 2.84. The molecule has 1 amide bonds. The number of sulfonamides is 1. The van der Waals surface area contributed by atoms with Crippen LogP contribution in [-0.2, 0) is 14.8 Å². The minimum Gasteiger partial charge on any atom is -0.497 e. The fourth-order valence-electron chi connectivity index (χ4n) is 3.38. The summed E-state index contributed by atoms with van der Waals surface area (Å²) in [4.78, 5) is 13.0. The van der Waals surface area contributed by atoms with E-state index in [1.54, 1.807) is 37.4 Å². The molecule has 1 fully saturated rings. The van der Waals surface area contributed by atoms with E-state index < -0.39 is 22.0 Å². The molecule has 2 aromatic carbocycles. The third-order valence-corrected chi connectivity index (χ3v) is 7.03. The molecule has 0 aliphatic carbocycles. The molecule has 1 aliphatic rings. The summed E-state index contributed by atoms with van der Waals surface area (Å²) in [5.74, 6) is 1.19. The molecule has 0 spiro atoms. The lowest BCUT2D eigenvalue weighted by Gasteiger charge is -2.20. The van der Waals surface area contributed by atoms with Gasteiger partial charge in [-0.1, -0.05) is 6.92 Å². The Morgan fingerprint density at radius 3 is 2.26 bits per heavy atom. The van der Waals surface area contributed by atoms with Crippen molar-refractivity contribution in [3.8, 4) is 17.2 Å². The van der Waals surface area contributed by atoms with Crippen molar-refractivity contribution >= 4 is 21.6 Å². The highest BCUT2D eigenvalue weighted by molar-refractivity contribution is 7.89. The molecule has 9 heteroatoms. The van der Waals surface area contributed by atoms with Gasteiger partial charge < -0.3 is 19.5 Å². The highest BCUT2D eigenvalue weighted by Crippen LogP contribution is 2.30. The van der Waals surface area contributed by atoms with Gasteiger partial charge in [-0.2, -0.15) is 4.31 Å². The molecule has 3 rings (SSSR count). The largest absolute Gasteiger partial charge is 0.497 e. The van der Waals surface area contributed by atoms with Crippen LogP contribution in [0.3, 0.4) is 0 Å². The van der Waals surface area contributed by atoms with Gasteiger partial charge in [-0.25, -0.2) is 8.42 Å². The Hall–Kier alpha value is -2.78. The quantitative estimate of drug-likeness (QED) is 0.633. The van der Waals surface area contributed by atoms with Crippen LogP contribution in [0.25, 0.3) is 0 Å². The second-order valence-electron chi connectivity index (χ2n) is 7.15. The van der Waals surface area contributed by atoms with Crippen molar-refractivity contribution in [3.05, 3.63) is 42.5 Å². The number of amides is 1. The molecule has 1 heterocycles. The number of hydrogen-bond donors (Lipinski definition) is 1. The molecule has 8 nitrogen and oxygen atoms in total. The predicted octanol–water partition coefficient (Wildman–Crippen LogP) is 3.28. The lowest BCUT2D eigenvalue weighted by molar-refractivity contribution is -0.122. The zero-order valence-corrected chi connectivity index (χ0v) is 18.8. The number of hydrogen-bond acceptors (Lipinski definition) is 6. The van der Waals surface area contributed by atoms with Crippen molar-refractivity contribution in [3.63, 3.8) is 0 Å². The normalized spacial score (nSPS) is 15.3. The Morgan fingerprint density at radius 1 is 1.03 bits per heavy atom. The molecule has 2 aromatic rings. The van der Waals surface area contributed by atoms with Gasteiger partial charge in [0.25, 0.3) is 5.91 Å². The molecule has 0 unspecified atom stereocenters. The first-order valence-electron chi connectivity index (χ1n) is 10.2. The van der Waals surface area contributed by atoms with E-state index in [1.807, 2.05) is 6.92 Å². The van der Waals surface area contributed by atoms with Crippen molar-refractivity contribution in [1.29, 1.82) is 0 Å². The highest BCUT2D eigenvalue weighted by Gasteiger charge is 2.28. The van der Waals surface area contributed by atoms with Gasteiger partial charge in [-0.15, -0.1) is 0 Å². The zero-order chi connectivity index (χ0) is 22.4. The van der Waals surface area contributed by atoms with Gasteiger partial charge in [0.05, 0.1) is 24.8 Å². The second kappa shape index (κ2) is 10.0. The number of nitrogens with zero attached hydrogens (tertiary/aromatic N) is 1. The van der Waals surface area contributed by atoms with Crippen LogP contribution < -0.4 is 19.5 Å². The minimum absolute atomic E-state index is 0.120. The van der Waals surface area contributed by atoms with Crippen molar-refractivity contribution in [1.82, 2.24) is 4.31 Å². The van der Waals surface area contributed by atoms with E-state index in [0.29, 0.717) is 36.8 Å². The average molecular weight is 449 g/mol. The molecule has 31 heavy (non-hydrogen) atoms. The van der Waals surface area contributed by atoms with Crippen LogP contribution in [0.4, 0.5) is 5.69 Å². The molecule has 1 saturated heterocycles. The van der Waals surface area contributed by atoms with Crippen molar-refractivity contribution in [2.45, 2.75) is 37.2 Å². The summed E-state index contributed by atoms with van der Waals surface area (Å²) in [6.07, 6.45) is 1.35. The second-order valence-corrected chi connectivity index (χ2v) is 9.09. The van der Waals surface area contributed by atoms with Crippen LogP contribution in [0, 0.1) is 0 Å². The van der Waals surface area contributed by atoms with E-state index in [4.69, 9.17) is 14.2 Å². The Morgan fingerprint density at radius 2 is 1.68 bits per heavy atom. The standard InChI is InChI=1S/C22H28N2O6S/c1-4-20(30-17-9-7-16(28-2)8-10-17)22(25)23-19-15-18(11-12-21(19)29-3)31(26,27)24-13-5-6-14-24/h7-12,15,20H,4-6,13-14H2,1-3H3,(H,23,25)/t20-/m0/s1. The zero-order valence-electron chi connectivity index (χ0n) is 18.0. The number of carbonyl (C=O) groups is 1. The van der Waals surface area contributed by atoms with E-state index in [-0.39, 0.29) is 10.6 Å². The molecular formula is C22H28N2O6S. The third kappa shape index (κ3) is 5.29. The monoisotopic (exact) mass is 448 g/mol. The van der Waals surface area contributed by atoms with Gasteiger partial charge in [-0.05, 0) is 61.7 Å². The maximum absolute atomic E-state index is 12.9. The first-order valence-corrected chi connectivity index (χ1v) is 11.6. The Balaban J connectivity index is 1.79. The fourth-order valence-corrected chi connectivity index (χ4v) is 4.92. The Kier molecular flexibility index (Phi) is 7.40. The van der Waals surface area contributed by atoms with E-state index in [2.05, 4.69) is 5.32 Å². The van der Waals surface area contributed by atoms with Gasteiger partial charge >= 0.3 is 0 Å².